The molecule has 0 radical (unpaired) electrons. The van der Waals surface area contributed by atoms with E-state index in [1.165, 1.54) is 18.3 Å². The van der Waals surface area contributed by atoms with Gasteiger partial charge in [0.05, 0.1) is 0 Å². The van der Waals surface area contributed by atoms with Gasteiger partial charge in [-0.05, 0) is 23.2 Å². The van der Waals surface area contributed by atoms with Crippen LogP contribution >= 0.6 is 0 Å². The minimum atomic E-state index is -2.25. The molecule has 0 amide bonds. The minimum Gasteiger partial charge on any atom is -0.767 e. The van der Waals surface area contributed by atoms with Gasteiger partial charge in [-0.25, -0.2) is 0 Å². The van der Waals surface area contributed by atoms with Crippen LogP contribution < -0.4 is 29.6 Å². The Morgan fingerprint density at radius 2 is 2.30 bits per heavy atom. The first kappa shape index (κ1) is 10.2. The molecule has 1 aromatic heterocycles. The standard InChI is InChI=1S/C4H4N2O2S.Na/c7-9(8)4-2-1-3-5-6-4;/h1-3H,(H,7,8);/q;+1/p-1. The predicted molar refractivity (Wildman–Crippen MR) is 29.2 cm³/mol. The van der Waals surface area contributed by atoms with E-state index in [1.807, 2.05) is 0 Å². The van der Waals surface area contributed by atoms with Gasteiger partial charge >= 0.3 is 29.6 Å². The van der Waals surface area contributed by atoms with Crippen molar-refractivity contribution in [3.05, 3.63) is 18.3 Å². The topological polar surface area (TPSA) is 65.9 Å². The second kappa shape index (κ2) is 4.92. The summed E-state index contributed by atoms with van der Waals surface area (Å²) < 4.78 is 20.2. The second-order valence-corrected chi connectivity index (χ2v) is 2.18. The number of hydrogen-bond acceptors (Lipinski definition) is 4. The minimum absolute atomic E-state index is 0. The number of hydrogen-bond donors (Lipinski definition) is 0. The molecule has 0 aliphatic carbocycles. The summed E-state index contributed by atoms with van der Waals surface area (Å²) in [4.78, 5) is 0. The van der Waals surface area contributed by atoms with Gasteiger partial charge in [0.25, 0.3) is 0 Å². The van der Waals surface area contributed by atoms with Crippen molar-refractivity contribution in [1.82, 2.24) is 10.2 Å². The quantitative estimate of drug-likeness (QED) is 0.324. The molecule has 10 heavy (non-hydrogen) atoms. The van der Waals surface area contributed by atoms with Crippen molar-refractivity contribution in [1.29, 1.82) is 0 Å². The maximum atomic E-state index is 10.1. The molecule has 0 saturated carbocycles. The molecule has 0 saturated heterocycles. The van der Waals surface area contributed by atoms with Crippen molar-refractivity contribution < 1.29 is 38.3 Å². The Hall–Kier alpha value is 0.190. The SMILES string of the molecule is O=S([O-])c1cccnn1.[Na+]. The molecular weight excluding hydrogens is 163 g/mol. The Kier molecular flexibility index (Phi) is 5.02. The van der Waals surface area contributed by atoms with E-state index in [2.05, 4.69) is 10.2 Å². The molecular formula is C4H3N2NaO2S. The van der Waals surface area contributed by atoms with Crippen LogP contribution in [0.2, 0.25) is 0 Å². The van der Waals surface area contributed by atoms with E-state index < -0.39 is 11.1 Å². The first-order valence-electron chi connectivity index (χ1n) is 2.17. The van der Waals surface area contributed by atoms with E-state index in [0.29, 0.717) is 0 Å². The van der Waals surface area contributed by atoms with Gasteiger partial charge in [-0.3, -0.25) is 4.21 Å². The van der Waals surface area contributed by atoms with Gasteiger partial charge in [0.2, 0.25) is 0 Å². The molecule has 0 spiro atoms. The fourth-order valence-electron chi connectivity index (χ4n) is 0.376. The molecule has 0 fully saturated rings. The monoisotopic (exact) mass is 166 g/mol. The normalized spacial score (nSPS) is 11.7. The molecule has 1 heterocycles. The van der Waals surface area contributed by atoms with Crippen molar-refractivity contribution in [3.8, 4) is 0 Å². The summed E-state index contributed by atoms with van der Waals surface area (Å²) >= 11 is -2.25. The molecule has 4 nitrogen and oxygen atoms in total. The Bertz CT molecular complexity index is 218. The van der Waals surface area contributed by atoms with Crippen LogP contribution in [0, 0.1) is 0 Å². The first-order valence-corrected chi connectivity index (χ1v) is 3.25. The van der Waals surface area contributed by atoms with Gasteiger partial charge in [0.1, 0.15) is 5.03 Å². The van der Waals surface area contributed by atoms with E-state index in [-0.39, 0.29) is 34.6 Å². The molecule has 0 aliphatic rings. The van der Waals surface area contributed by atoms with Crippen molar-refractivity contribution in [2.75, 3.05) is 0 Å². The molecule has 1 aromatic rings. The molecule has 0 bridgehead atoms. The zero-order valence-electron chi connectivity index (χ0n) is 5.35. The van der Waals surface area contributed by atoms with Crippen molar-refractivity contribution >= 4 is 11.1 Å². The number of aromatic nitrogens is 2. The summed E-state index contributed by atoms with van der Waals surface area (Å²) in [5.74, 6) is 0. The average molecular weight is 166 g/mol. The van der Waals surface area contributed by atoms with Crippen LogP contribution in [0.1, 0.15) is 0 Å². The van der Waals surface area contributed by atoms with E-state index in [9.17, 15) is 8.76 Å². The number of nitrogens with zero attached hydrogens (tertiary/aromatic N) is 2. The molecule has 1 rings (SSSR count). The van der Waals surface area contributed by atoms with Crippen molar-refractivity contribution in [3.63, 3.8) is 0 Å². The molecule has 0 aliphatic heterocycles. The van der Waals surface area contributed by atoms with E-state index in [4.69, 9.17) is 0 Å². The number of rotatable bonds is 1. The molecule has 48 valence electrons. The molecule has 6 heteroatoms. The molecule has 1 unspecified atom stereocenters. The summed E-state index contributed by atoms with van der Waals surface area (Å²) in [5.41, 5.74) is 0. The summed E-state index contributed by atoms with van der Waals surface area (Å²) in [7, 11) is 0. The Morgan fingerprint density at radius 1 is 1.60 bits per heavy atom. The maximum absolute atomic E-state index is 10.1. The predicted octanol–water partition coefficient (Wildman–Crippen LogP) is -3.28. The van der Waals surface area contributed by atoms with Crippen LogP contribution in [0.3, 0.4) is 0 Å². The van der Waals surface area contributed by atoms with Crippen molar-refractivity contribution in [2.45, 2.75) is 5.03 Å². The average Bonchev–Trinajstić information content (AvgIpc) is 1.90. The van der Waals surface area contributed by atoms with Crippen LogP contribution in [0.15, 0.2) is 23.4 Å². The third kappa shape index (κ3) is 2.85. The van der Waals surface area contributed by atoms with Crippen LogP contribution in [-0.2, 0) is 11.1 Å². The van der Waals surface area contributed by atoms with Gasteiger partial charge in [-0.15, -0.1) is 5.10 Å². The third-order valence-electron chi connectivity index (χ3n) is 0.719. The van der Waals surface area contributed by atoms with Crippen LogP contribution in [0.4, 0.5) is 0 Å². The smallest absolute Gasteiger partial charge is 0.767 e. The van der Waals surface area contributed by atoms with Gasteiger partial charge in [0.15, 0.2) is 0 Å². The summed E-state index contributed by atoms with van der Waals surface area (Å²) in [6, 6.07) is 2.88. The molecule has 1 atom stereocenters. The second-order valence-electron chi connectivity index (χ2n) is 1.30. The largest absolute Gasteiger partial charge is 1.00 e. The van der Waals surface area contributed by atoms with Crippen LogP contribution in [-0.4, -0.2) is 19.0 Å². The summed E-state index contributed by atoms with van der Waals surface area (Å²) in [6.07, 6.45) is 1.41. The summed E-state index contributed by atoms with van der Waals surface area (Å²) in [6.45, 7) is 0. The zero-order chi connectivity index (χ0) is 6.69. The Labute approximate surface area is 82.6 Å². The van der Waals surface area contributed by atoms with Gasteiger partial charge in [0, 0.05) is 6.20 Å². The molecule has 0 aromatic carbocycles. The fraction of sp³-hybridized carbons (Fsp3) is 0. The van der Waals surface area contributed by atoms with Gasteiger partial charge < -0.3 is 4.55 Å². The first-order chi connectivity index (χ1) is 4.30. The van der Waals surface area contributed by atoms with E-state index >= 15 is 0 Å². The zero-order valence-corrected chi connectivity index (χ0v) is 8.17. The molecule has 0 N–H and O–H groups in total. The maximum Gasteiger partial charge on any atom is 1.00 e. The Balaban J connectivity index is 0.000000810. The Morgan fingerprint density at radius 3 is 2.60 bits per heavy atom. The summed E-state index contributed by atoms with van der Waals surface area (Å²) in [5, 5.41) is 6.65. The van der Waals surface area contributed by atoms with Crippen molar-refractivity contribution in [2.24, 2.45) is 0 Å². The van der Waals surface area contributed by atoms with Crippen LogP contribution in [0.25, 0.3) is 0 Å². The van der Waals surface area contributed by atoms with Gasteiger partial charge in [-0.2, -0.15) is 5.10 Å². The fourth-order valence-corrected chi connectivity index (χ4v) is 0.680. The third-order valence-corrected chi connectivity index (χ3v) is 1.28. The van der Waals surface area contributed by atoms with E-state index in [0.717, 1.165) is 0 Å². The van der Waals surface area contributed by atoms with Crippen LogP contribution in [0.5, 0.6) is 0 Å². The van der Waals surface area contributed by atoms with Gasteiger partial charge in [-0.1, -0.05) is 0 Å². The van der Waals surface area contributed by atoms with E-state index in [1.54, 1.807) is 0 Å².